The maximum Gasteiger partial charge on any atom is 0.0874 e. The van der Waals surface area contributed by atoms with Gasteiger partial charge in [-0.25, -0.2) is 0 Å². The standard InChI is InChI=1S/C16H27NO2/c1-14(2)16(3,18)13-19-11-7-10-17-12-15-8-5-4-6-9-15/h4-6,8-9,14,17-18H,7,10-13H2,1-3H3. The van der Waals surface area contributed by atoms with Crippen molar-refractivity contribution in [3.63, 3.8) is 0 Å². The molecular weight excluding hydrogens is 238 g/mol. The highest BCUT2D eigenvalue weighted by atomic mass is 16.5. The van der Waals surface area contributed by atoms with Gasteiger partial charge in [0, 0.05) is 13.2 Å². The molecule has 19 heavy (non-hydrogen) atoms. The SMILES string of the molecule is CC(C)C(C)(O)COCCCNCc1ccccc1. The Labute approximate surface area is 117 Å². The molecular formula is C16H27NO2. The number of nitrogens with one attached hydrogen (secondary N) is 1. The van der Waals surface area contributed by atoms with E-state index < -0.39 is 5.60 Å². The molecule has 108 valence electrons. The van der Waals surface area contributed by atoms with Gasteiger partial charge in [-0.1, -0.05) is 44.2 Å². The highest BCUT2D eigenvalue weighted by Gasteiger charge is 2.24. The number of aliphatic hydroxyl groups is 1. The molecule has 1 rings (SSSR count). The topological polar surface area (TPSA) is 41.5 Å². The number of hydrogen-bond donors (Lipinski definition) is 2. The Morgan fingerprint density at radius 1 is 1.26 bits per heavy atom. The van der Waals surface area contributed by atoms with Crippen molar-refractivity contribution in [2.75, 3.05) is 19.8 Å². The van der Waals surface area contributed by atoms with Crippen LogP contribution in [0.2, 0.25) is 0 Å². The number of rotatable bonds is 9. The van der Waals surface area contributed by atoms with E-state index in [1.165, 1.54) is 5.56 Å². The number of hydrogen-bond acceptors (Lipinski definition) is 3. The lowest BCUT2D eigenvalue weighted by molar-refractivity contribution is -0.0632. The summed E-state index contributed by atoms with van der Waals surface area (Å²) in [5.41, 5.74) is 0.573. The van der Waals surface area contributed by atoms with Crippen molar-refractivity contribution in [3.05, 3.63) is 35.9 Å². The lowest BCUT2D eigenvalue weighted by Crippen LogP contribution is -2.36. The van der Waals surface area contributed by atoms with Crippen molar-refractivity contribution >= 4 is 0 Å². The molecule has 0 aromatic heterocycles. The minimum Gasteiger partial charge on any atom is -0.388 e. The van der Waals surface area contributed by atoms with Crippen LogP contribution in [0, 0.1) is 5.92 Å². The van der Waals surface area contributed by atoms with Crippen molar-refractivity contribution in [1.29, 1.82) is 0 Å². The predicted molar refractivity (Wildman–Crippen MR) is 79.0 cm³/mol. The Morgan fingerprint density at radius 2 is 1.95 bits per heavy atom. The fourth-order valence-electron chi connectivity index (χ4n) is 1.57. The minimum atomic E-state index is -0.725. The maximum absolute atomic E-state index is 10.0. The average molecular weight is 265 g/mol. The van der Waals surface area contributed by atoms with Gasteiger partial charge in [0.05, 0.1) is 12.2 Å². The minimum absolute atomic E-state index is 0.212. The van der Waals surface area contributed by atoms with Crippen molar-refractivity contribution in [2.24, 2.45) is 5.92 Å². The molecule has 0 bridgehead atoms. The first kappa shape index (κ1) is 16.2. The van der Waals surface area contributed by atoms with Gasteiger partial charge in [0.1, 0.15) is 0 Å². The third kappa shape index (κ3) is 6.71. The maximum atomic E-state index is 10.0. The Hall–Kier alpha value is -0.900. The zero-order chi connectivity index (χ0) is 14.1. The van der Waals surface area contributed by atoms with E-state index in [1.54, 1.807) is 0 Å². The smallest absolute Gasteiger partial charge is 0.0874 e. The first-order chi connectivity index (χ1) is 9.02. The Kier molecular flexibility index (Phi) is 7.06. The van der Waals surface area contributed by atoms with Crippen LogP contribution in [0.5, 0.6) is 0 Å². The highest BCUT2D eigenvalue weighted by Crippen LogP contribution is 2.15. The molecule has 2 N–H and O–H groups in total. The summed E-state index contributed by atoms with van der Waals surface area (Å²) < 4.78 is 5.52. The normalized spacial score (nSPS) is 14.6. The third-order valence-electron chi connectivity index (χ3n) is 3.45. The Morgan fingerprint density at radius 3 is 2.58 bits per heavy atom. The van der Waals surface area contributed by atoms with E-state index in [0.29, 0.717) is 13.2 Å². The van der Waals surface area contributed by atoms with Crippen molar-refractivity contribution < 1.29 is 9.84 Å². The predicted octanol–water partition coefficient (Wildman–Crippen LogP) is 2.59. The summed E-state index contributed by atoms with van der Waals surface area (Å²) in [4.78, 5) is 0. The van der Waals surface area contributed by atoms with Gasteiger partial charge in [-0.05, 0) is 31.4 Å². The summed E-state index contributed by atoms with van der Waals surface area (Å²) in [5.74, 6) is 0.212. The monoisotopic (exact) mass is 265 g/mol. The molecule has 0 fully saturated rings. The van der Waals surface area contributed by atoms with Crippen LogP contribution in [0.25, 0.3) is 0 Å². The number of ether oxygens (including phenoxy) is 1. The van der Waals surface area contributed by atoms with Crippen LogP contribution in [0.4, 0.5) is 0 Å². The van der Waals surface area contributed by atoms with E-state index in [1.807, 2.05) is 39.0 Å². The first-order valence-electron chi connectivity index (χ1n) is 7.07. The van der Waals surface area contributed by atoms with Crippen LogP contribution in [0.1, 0.15) is 32.8 Å². The van der Waals surface area contributed by atoms with Gasteiger partial charge in [0.25, 0.3) is 0 Å². The molecule has 3 heteroatoms. The lowest BCUT2D eigenvalue weighted by atomic mass is 9.94. The van der Waals surface area contributed by atoms with Crippen LogP contribution >= 0.6 is 0 Å². The molecule has 3 nitrogen and oxygen atoms in total. The van der Waals surface area contributed by atoms with Crippen LogP contribution in [0.3, 0.4) is 0 Å². The van der Waals surface area contributed by atoms with Gasteiger partial charge in [-0.3, -0.25) is 0 Å². The molecule has 0 aliphatic rings. The second-order valence-electron chi connectivity index (χ2n) is 5.58. The average Bonchev–Trinajstić information content (AvgIpc) is 2.38. The van der Waals surface area contributed by atoms with Gasteiger partial charge in [0.15, 0.2) is 0 Å². The van der Waals surface area contributed by atoms with Gasteiger partial charge < -0.3 is 15.2 Å². The highest BCUT2D eigenvalue weighted by molar-refractivity contribution is 5.14. The molecule has 0 spiro atoms. The Bertz CT molecular complexity index is 336. The van der Waals surface area contributed by atoms with E-state index in [-0.39, 0.29) is 5.92 Å². The molecule has 0 radical (unpaired) electrons. The number of benzene rings is 1. The summed E-state index contributed by atoms with van der Waals surface area (Å²) >= 11 is 0. The second kappa shape index (κ2) is 8.31. The molecule has 0 saturated heterocycles. The molecule has 0 saturated carbocycles. The van der Waals surface area contributed by atoms with E-state index >= 15 is 0 Å². The van der Waals surface area contributed by atoms with Crippen LogP contribution in [0.15, 0.2) is 30.3 Å². The molecule has 0 heterocycles. The molecule has 1 aromatic rings. The summed E-state index contributed by atoms with van der Waals surface area (Å²) in [6, 6.07) is 10.4. The summed E-state index contributed by atoms with van der Waals surface area (Å²) in [7, 11) is 0. The van der Waals surface area contributed by atoms with Crippen LogP contribution in [-0.2, 0) is 11.3 Å². The molecule has 1 aromatic carbocycles. The molecule has 0 amide bonds. The lowest BCUT2D eigenvalue weighted by Gasteiger charge is -2.27. The summed E-state index contributed by atoms with van der Waals surface area (Å²) in [6.07, 6.45) is 0.959. The zero-order valence-corrected chi connectivity index (χ0v) is 12.4. The zero-order valence-electron chi connectivity index (χ0n) is 12.4. The quantitative estimate of drug-likeness (QED) is 0.674. The largest absolute Gasteiger partial charge is 0.388 e. The van der Waals surface area contributed by atoms with Gasteiger partial charge in [-0.2, -0.15) is 0 Å². The molecule has 1 unspecified atom stereocenters. The first-order valence-corrected chi connectivity index (χ1v) is 7.07. The fourth-order valence-corrected chi connectivity index (χ4v) is 1.57. The van der Waals surface area contributed by atoms with Gasteiger partial charge in [-0.15, -0.1) is 0 Å². The Balaban J connectivity index is 2.00. The van der Waals surface area contributed by atoms with Crippen LogP contribution in [-0.4, -0.2) is 30.5 Å². The second-order valence-corrected chi connectivity index (χ2v) is 5.58. The fraction of sp³-hybridized carbons (Fsp3) is 0.625. The third-order valence-corrected chi connectivity index (χ3v) is 3.45. The summed E-state index contributed by atoms with van der Waals surface area (Å²) in [6.45, 7) is 8.75. The van der Waals surface area contributed by atoms with Gasteiger partial charge >= 0.3 is 0 Å². The van der Waals surface area contributed by atoms with Crippen LogP contribution < -0.4 is 5.32 Å². The van der Waals surface area contributed by atoms with Crippen molar-refractivity contribution in [2.45, 2.75) is 39.3 Å². The van der Waals surface area contributed by atoms with E-state index in [4.69, 9.17) is 4.74 Å². The molecule has 0 aliphatic carbocycles. The molecule has 0 aliphatic heterocycles. The van der Waals surface area contributed by atoms with Crippen molar-refractivity contribution in [3.8, 4) is 0 Å². The van der Waals surface area contributed by atoms with Gasteiger partial charge in [0.2, 0.25) is 0 Å². The van der Waals surface area contributed by atoms with E-state index in [2.05, 4.69) is 17.4 Å². The summed E-state index contributed by atoms with van der Waals surface area (Å²) in [5, 5.41) is 13.4. The van der Waals surface area contributed by atoms with E-state index in [9.17, 15) is 5.11 Å². The molecule has 1 atom stereocenters. The van der Waals surface area contributed by atoms with Crippen molar-refractivity contribution in [1.82, 2.24) is 5.32 Å². The van der Waals surface area contributed by atoms with E-state index in [0.717, 1.165) is 19.5 Å².